The Kier molecular flexibility index (Phi) is 3.42. The molecule has 1 aliphatic heterocycles. The van der Waals surface area contributed by atoms with E-state index in [4.69, 9.17) is 27.9 Å². The minimum atomic E-state index is -1.06. The predicted molar refractivity (Wildman–Crippen MR) is 76.0 cm³/mol. The maximum absolute atomic E-state index is 11.8. The number of rotatable bonds is 2. The Balaban J connectivity index is 2.02. The number of aliphatic hydroxyl groups is 1. The highest BCUT2D eigenvalue weighted by Gasteiger charge is 2.37. The molecule has 102 valence electrons. The van der Waals surface area contributed by atoms with Crippen molar-refractivity contribution in [1.29, 1.82) is 0 Å². The molecular formula is C15H10Cl2O3. The Bertz CT molecular complexity index is 685. The lowest BCUT2D eigenvalue weighted by Crippen LogP contribution is -2.11. The van der Waals surface area contributed by atoms with Crippen molar-refractivity contribution in [1.82, 2.24) is 0 Å². The molecule has 2 aromatic carbocycles. The van der Waals surface area contributed by atoms with E-state index in [1.165, 1.54) is 0 Å². The summed E-state index contributed by atoms with van der Waals surface area (Å²) in [5, 5.41) is 11.1. The van der Waals surface area contributed by atoms with Crippen LogP contribution in [0.1, 0.15) is 33.7 Å². The van der Waals surface area contributed by atoms with Gasteiger partial charge in [-0.2, -0.15) is 0 Å². The topological polar surface area (TPSA) is 46.5 Å². The molecule has 0 amide bonds. The van der Waals surface area contributed by atoms with E-state index >= 15 is 0 Å². The minimum Gasteiger partial charge on any atom is -0.451 e. The van der Waals surface area contributed by atoms with Crippen molar-refractivity contribution < 1.29 is 14.6 Å². The zero-order valence-corrected chi connectivity index (χ0v) is 11.7. The molecular weight excluding hydrogens is 299 g/mol. The molecule has 0 aromatic heterocycles. The summed E-state index contributed by atoms with van der Waals surface area (Å²) >= 11 is 12.0. The van der Waals surface area contributed by atoms with Crippen molar-refractivity contribution in [3.63, 3.8) is 0 Å². The van der Waals surface area contributed by atoms with Crippen molar-refractivity contribution >= 4 is 29.2 Å². The number of benzene rings is 2. The number of hydrogen-bond acceptors (Lipinski definition) is 3. The summed E-state index contributed by atoms with van der Waals surface area (Å²) in [6.45, 7) is 0. The monoisotopic (exact) mass is 308 g/mol. The smallest absolute Gasteiger partial charge is 0.339 e. The van der Waals surface area contributed by atoms with Crippen LogP contribution in [-0.4, -0.2) is 11.1 Å². The van der Waals surface area contributed by atoms with Crippen LogP contribution in [0.5, 0.6) is 0 Å². The van der Waals surface area contributed by atoms with Crippen LogP contribution < -0.4 is 0 Å². The van der Waals surface area contributed by atoms with E-state index in [-0.39, 0.29) is 5.02 Å². The van der Waals surface area contributed by atoms with Gasteiger partial charge in [0.05, 0.1) is 15.6 Å². The second-order valence-corrected chi connectivity index (χ2v) is 5.29. The van der Waals surface area contributed by atoms with Gasteiger partial charge in [0.2, 0.25) is 0 Å². The largest absolute Gasteiger partial charge is 0.451 e. The number of fused-ring (bicyclic) bond motifs is 1. The van der Waals surface area contributed by atoms with Crippen LogP contribution in [0.4, 0.5) is 0 Å². The Morgan fingerprint density at radius 3 is 2.65 bits per heavy atom. The van der Waals surface area contributed by atoms with Crippen LogP contribution in [0.25, 0.3) is 0 Å². The van der Waals surface area contributed by atoms with Crippen LogP contribution in [-0.2, 0) is 4.74 Å². The molecule has 5 heteroatoms. The minimum absolute atomic E-state index is 0.266. The number of aliphatic hydroxyl groups excluding tert-OH is 1. The van der Waals surface area contributed by atoms with Crippen LogP contribution >= 0.6 is 23.2 Å². The van der Waals surface area contributed by atoms with E-state index < -0.39 is 18.2 Å². The molecule has 2 atom stereocenters. The number of carbonyl (C=O) groups is 1. The summed E-state index contributed by atoms with van der Waals surface area (Å²) in [4.78, 5) is 11.8. The predicted octanol–water partition coefficient (Wildman–Crippen LogP) is 3.94. The molecule has 3 rings (SSSR count). The molecule has 2 aromatic rings. The van der Waals surface area contributed by atoms with Gasteiger partial charge in [0.15, 0.2) is 6.10 Å². The second kappa shape index (κ2) is 5.09. The molecule has 0 aliphatic carbocycles. The third-order valence-corrected chi connectivity index (χ3v) is 4.14. The van der Waals surface area contributed by atoms with E-state index in [9.17, 15) is 9.90 Å². The molecule has 1 N–H and O–H groups in total. The first kappa shape index (κ1) is 13.4. The number of ether oxygens (including phenoxy) is 1. The lowest BCUT2D eigenvalue weighted by molar-refractivity contribution is -0.0102. The zero-order chi connectivity index (χ0) is 14.3. The summed E-state index contributed by atoms with van der Waals surface area (Å²) in [6, 6.07) is 12.0. The number of hydrogen-bond donors (Lipinski definition) is 1. The third-order valence-electron chi connectivity index (χ3n) is 3.31. The van der Waals surface area contributed by atoms with E-state index in [1.807, 2.05) is 0 Å². The van der Waals surface area contributed by atoms with E-state index in [2.05, 4.69) is 0 Å². The second-order valence-electron chi connectivity index (χ2n) is 4.50. The number of carbonyl (C=O) groups excluding carboxylic acids is 1. The van der Waals surface area contributed by atoms with Crippen molar-refractivity contribution in [3.8, 4) is 0 Å². The fourth-order valence-electron chi connectivity index (χ4n) is 2.32. The van der Waals surface area contributed by atoms with Crippen molar-refractivity contribution in [2.45, 2.75) is 12.2 Å². The van der Waals surface area contributed by atoms with Gasteiger partial charge in [-0.25, -0.2) is 4.79 Å². The molecule has 0 spiro atoms. The van der Waals surface area contributed by atoms with E-state index in [1.54, 1.807) is 42.5 Å². The first-order chi connectivity index (χ1) is 9.59. The van der Waals surface area contributed by atoms with Gasteiger partial charge in [-0.15, -0.1) is 0 Å². The van der Waals surface area contributed by atoms with Crippen molar-refractivity contribution in [3.05, 3.63) is 69.2 Å². The summed E-state index contributed by atoms with van der Waals surface area (Å²) in [7, 11) is 0. The molecule has 0 radical (unpaired) electrons. The SMILES string of the molecule is O=C1OC(C(O)c2cccc(Cl)c2Cl)c2ccccc21. The molecule has 1 aliphatic rings. The Morgan fingerprint density at radius 2 is 1.85 bits per heavy atom. The molecule has 20 heavy (non-hydrogen) atoms. The average molecular weight is 309 g/mol. The van der Waals surface area contributed by atoms with E-state index in [0.29, 0.717) is 21.7 Å². The lowest BCUT2D eigenvalue weighted by atomic mass is 9.97. The first-order valence-corrected chi connectivity index (χ1v) is 6.77. The summed E-state index contributed by atoms with van der Waals surface area (Å²) in [6.07, 6.45) is -1.83. The zero-order valence-electron chi connectivity index (χ0n) is 10.2. The molecule has 0 bridgehead atoms. The normalized spacial score (nSPS) is 18.6. The maximum Gasteiger partial charge on any atom is 0.339 e. The van der Waals surface area contributed by atoms with Gasteiger partial charge >= 0.3 is 5.97 Å². The highest BCUT2D eigenvalue weighted by atomic mass is 35.5. The summed E-state index contributed by atoms with van der Waals surface area (Å²) in [5.41, 5.74) is 1.56. The number of esters is 1. The highest BCUT2D eigenvalue weighted by molar-refractivity contribution is 6.42. The fraction of sp³-hybridized carbons (Fsp3) is 0.133. The summed E-state index contributed by atoms with van der Waals surface area (Å²) < 4.78 is 5.25. The molecule has 3 nitrogen and oxygen atoms in total. The molecule has 0 fully saturated rings. The van der Waals surface area contributed by atoms with Crippen LogP contribution in [0.2, 0.25) is 10.0 Å². The quantitative estimate of drug-likeness (QED) is 0.855. The maximum atomic E-state index is 11.8. The van der Waals surface area contributed by atoms with Crippen molar-refractivity contribution in [2.24, 2.45) is 0 Å². The van der Waals surface area contributed by atoms with Gasteiger partial charge in [0, 0.05) is 11.1 Å². The standard InChI is InChI=1S/C15H10Cl2O3/c16-11-7-3-6-10(12(11)17)13(18)14-8-4-1-2-5-9(8)15(19)20-14/h1-7,13-14,18H. The molecule has 2 unspecified atom stereocenters. The fourth-order valence-corrected chi connectivity index (χ4v) is 2.74. The Morgan fingerprint density at radius 1 is 1.10 bits per heavy atom. The Hall–Kier alpha value is -1.55. The average Bonchev–Trinajstić information content (AvgIpc) is 2.79. The van der Waals surface area contributed by atoms with Gasteiger partial charge < -0.3 is 9.84 Å². The molecule has 1 heterocycles. The number of halogens is 2. The van der Waals surface area contributed by atoms with Gasteiger partial charge in [-0.1, -0.05) is 53.5 Å². The number of cyclic esters (lactones) is 1. The van der Waals surface area contributed by atoms with Gasteiger partial charge in [0.25, 0.3) is 0 Å². The van der Waals surface area contributed by atoms with Gasteiger partial charge in [-0.3, -0.25) is 0 Å². The van der Waals surface area contributed by atoms with Crippen molar-refractivity contribution in [2.75, 3.05) is 0 Å². The van der Waals surface area contributed by atoms with Crippen LogP contribution in [0, 0.1) is 0 Å². The van der Waals surface area contributed by atoms with Crippen LogP contribution in [0.3, 0.4) is 0 Å². The van der Waals surface area contributed by atoms with Gasteiger partial charge in [0.1, 0.15) is 6.10 Å². The van der Waals surface area contributed by atoms with Gasteiger partial charge in [-0.05, 0) is 12.1 Å². The summed E-state index contributed by atoms with van der Waals surface area (Å²) in [5.74, 6) is -0.442. The first-order valence-electron chi connectivity index (χ1n) is 6.01. The molecule has 0 saturated heterocycles. The Labute approximate surface area is 125 Å². The van der Waals surface area contributed by atoms with E-state index in [0.717, 1.165) is 0 Å². The lowest BCUT2D eigenvalue weighted by Gasteiger charge is -2.19. The van der Waals surface area contributed by atoms with Crippen LogP contribution in [0.15, 0.2) is 42.5 Å². The third kappa shape index (κ3) is 2.08. The highest BCUT2D eigenvalue weighted by Crippen LogP contribution is 2.42. The molecule has 0 saturated carbocycles.